The third-order valence-electron chi connectivity index (χ3n) is 4.15. The van der Waals surface area contributed by atoms with Crippen LogP contribution < -0.4 is 10.1 Å². The maximum atomic E-state index is 13.8. The number of aliphatic hydroxyl groups excluding tert-OH is 2. The van der Waals surface area contributed by atoms with Crippen molar-refractivity contribution in [2.75, 3.05) is 13.2 Å². The number of halogens is 2. The highest BCUT2D eigenvalue weighted by Gasteiger charge is 2.20. The Balaban J connectivity index is 1.87. The SMILES string of the molecule is Cc1nc2c(OCc3c(F)cccc3F)cccn2c1C(=O)NC[C@H](O)CO. The summed E-state index contributed by atoms with van der Waals surface area (Å²) in [6, 6.07) is 6.75. The lowest BCUT2D eigenvalue weighted by molar-refractivity contribution is 0.0797. The summed E-state index contributed by atoms with van der Waals surface area (Å²) in [7, 11) is 0. The summed E-state index contributed by atoms with van der Waals surface area (Å²) < 4.78 is 34.6. The second kappa shape index (κ2) is 8.32. The van der Waals surface area contributed by atoms with Gasteiger partial charge in [-0.1, -0.05) is 6.07 Å². The van der Waals surface area contributed by atoms with Gasteiger partial charge < -0.3 is 20.3 Å². The van der Waals surface area contributed by atoms with E-state index in [2.05, 4.69) is 10.3 Å². The average Bonchev–Trinajstić information content (AvgIpc) is 3.02. The molecule has 0 saturated heterocycles. The Morgan fingerprint density at radius 2 is 2.00 bits per heavy atom. The molecule has 3 rings (SSSR count). The molecule has 0 saturated carbocycles. The number of imidazole rings is 1. The summed E-state index contributed by atoms with van der Waals surface area (Å²) in [5.41, 5.74) is 0.736. The van der Waals surface area contributed by atoms with Crippen LogP contribution in [0.2, 0.25) is 0 Å². The number of aromatic nitrogens is 2. The Hall–Kier alpha value is -3.04. The fourth-order valence-electron chi connectivity index (χ4n) is 2.72. The zero-order valence-corrected chi connectivity index (χ0v) is 15.0. The van der Waals surface area contributed by atoms with Gasteiger partial charge in [0.25, 0.3) is 5.91 Å². The summed E-state index contributed by atoms with van der Waals surface area (Å²) in [6.07, 6.45) is 0.529. The summed E-state index contributed by atoms with van der Waals surface area (Å²) in [6.45, 7) is 0.695. The van der Waals surface area contributed by atoms with Crippen LogP contribution in [0.15, 0.2) is 36.5 Å². The number of aliphatic hydroxyl groups is 2. The van der Waals surface area contributed by atoms with Crippen molar-refractivity contribution in [2.24, 2.45) is 0 Å². The summed E-state index contributed by atoms with van der Waals surface area (Å²) in [5, 5.41) is 20.7. The van der Waals surface area contributed by atoms with Gasteiger partial charge in [-0.05, 0) is 31.2 Å². The summed E-state index contributed by atoms with van der Waals surface area (Å²) in [4.78, 5) is 16.8. The Kier molecular flexibility index (Phi) is 5.86. The van der Waals surface area contributed by atoms with Gasteiger partial charge in [0, 0.05) is 12.7 Å². The number of carbonyl (C=O) groups is 1. The molecule has 0 bridgehead atoms. The van der Waals surface area contributed by atoms with Crippen LogP contribution in [0.25, 0.3) is 5.65 Å². The molecule has 9 heteroatoms. The molecule has 28 heavy (non-hydrogen) atoms. The predicted molar refractivity (Wildman–Crippen MR) is 96.0 cm³/mol. The number of pyridine rings is 1. The normalized spacial score (nSPS) is 12.2. The van der Waals surface area contributed by atoms with E-state index in [0.29, 0.717) is 11.3 Å². The first-order chi connectivity index (χ1) is 13.4. The number of fused-ring (bicyclic) bond motifs is 1. The number of carbonyl (C=O) groups excluding carboxylic acids is 1. The Morgan fingerprint density at radius 1 is 1.29 bits per heavy atom. The molecule has 0 spiro atoms. The predicted octanol–water partition coefficient (Wildman–Crippen LogP) is 1.58. The number of nitrogens with one attached hydrogen (secondary N) is 1. The minimum atomic E-state index is -1.07. The third kappa shape index (κ3) is 3.95. The minimum Gasteiger partial charge on any atom is -0.485 e. The highest BCUT2D eigenvalue weighted by Crippen LogP contribution is 2.24. The van der Waals surface area contributed by atoms with E-state index in [9.17, 15) is 18.7 Å². The molecule has 2 heterocycles. The van der Waals surface area contributed by atoms with E-state index in [4.69, 9.17) is 9.84 Å². The van der Waals surface area contributed by atoms with E-state index in [-0.39, 0.29) is 30.2 Å². The molecule has 0 aliphatic rings. The number of hydrogen-bond acceptors (Lipinski definition) is 5. The lowest BCUT2D eigenvalue weighted by Crippen LogP contribution is -2.34. The van der Waals surface area contributed by atoms with Gasteiger partial charge in [0.15, 0.2) is 11.4 Å². The molecule has 1 amide bonds. The molecule has 1 aromatic carbocycles. The van der Waals surface area contributed by atoms with Crippen molar-refractivity contribution in [3.63, 3.8) is 0 Å². The van der Waals surface area contributed by atoms with Crippen LogP contribution in [0, 0.1) is 18.6 Å². The number of nitrogens with zero attached hydrogens (tertiary/aromatic N) is 2. The zero-order valence-electron chi connectivity index (χ0n) is 15.0. The van der Waals surface area contributed by atoms with Gasteiger partial charge in [0.1, 0.15) is 23.9 Å². The summed E-state index contributed by atoms with van der Waals surface area (Å²) >= 11 is 0. The Labute approximate surface area is 159 Å². The van der Waals surface area contributed by atoms with Crippen LogP contribution >= 0.6 is 0 Å². The van der Waals surface area contributed by atoms with E-state index < -0.39 is 30.3 Å². The molecule has 148 valence electrons. The van der Waals surface area contributed by atoms with Crippen molar-refractivity contribution in [3.05, 3.63) is 65.1 Å². The molecule has 1 atom stereocenters. The van der Waals surface area contributed by atoms with E-state index in [1.807, 2.05) is 0 Å². The summed E-state index contributed by atoms with van der Waals surface area (Å²) in [5.74, 6) is -1.67. The number of amides is 1. The topological polar surface area (TPSA) is 96.1 Å². The van der Waals surface area contributed by atoms with E-state index >= 15 is 0 Å². The lowest BCUT2D eigenvalue weighted by atomic mass is 10.2. The number of benzene rings is 1. The molecule has 3 N–H and O–H groups in total. The highest BCUT2D eigenvalue weighted by molar-refractivity contribution is 5.95. The molecule has 7 nitrogen and oxygen atoms in total. The van der Waals surface area contributed by atoms with Crippen molar-refractivity contribution in [1.82, 2.24) is 14.7 Å². The van der Waals surface area contributed by atoms with E-state index in [0.717, 1.165) is 12.1 Å². The maximum absolute atomic E-state index is 13.8. The molecule has 3 aromatic rings. The number of rotatable bonds is 7. The Bertz CT molecular complexity index is 986. The smallest absolute Gasteiger partial charge is 0.270 e. The quantitative estimate of drug-likeness (QED) is 0.568. The molecular formula is C19H19F2N3O4. The van der Waals surface area contributed by atoms with Crippen LogP contribution in [-0.2, 0) is 6.61 Å². The van der Waals surface area contributed by atoms with Crippen molar-refractivity contribution < 1.29 is 28.5 Å². The number of aryl methyl sites for hydroxylation is 1. The zero-order chi connectivity index (χ0) is 20.3. The minimum absolute atomic E-state index is 0.120. The molecule has 0 aliphatic carbocycles. The van der Waals surface area contributed by atoms with Crippen molar-refractivity contribution in [3.8, 4) is 5.75 Å². The first-order valence-corrected chi connectivity index (χ1v) is 8.52. The monoisotopic (exact) mass is 391 g/mol. The highest BCUT2D eigenvalue weighted by atomic mass is 19.1. The van der Waals surface area contributed by atoms with Crippen LogP contribution in [0.1, 0.15) is 21.7 Å². The fourth-order valence-corrected chi connectivity index (χ4v) is 2.72. The van der Waals surface area contributed by atoms with Gasteiger partial charge in [-0.3, -0.25) is 9.20 Å². The molecule has 0 fully saturated rings. The lowest BCUT2D eigenvalue weighted by Gasteiger charge is -2.11. The largest absolute Gasteiger partial charge is 0.485 e. The van der Waals surface area contributed by atoms with Gasteiger partial charge in [0.05, 0.1) is 24.0 Å². The first kappa shape index (κ1) is 19.7. The second-order valence-electron chi connectivity index (χ2n) is 6.15. The van der Waals surface area contributed by atoms with Crippen molar-refractivity contribution in [1.29, 1.82) is 0 Å². The Morgan fingerprint density at radius 3 is 2.68 bits per heavy atom. The number of ether oxygens (including phenoxy) is 1. The van der Waals surface area contributed by atoms with Gasteiger partial charge in [-0.25, -0.2) is 13.8 Å². The van der Waals surface area contributed by atoms with Crippen LogP contribution in [0.4, 0.5) is 8.78 Å². The molecule has 0 unspecified atom stereocenters. The van der Waals surface area contributed by atoms with Crippen LogP contribution in [-0.4, -0.2) is 44.8 Å². The molecular weight excluding hydrogens is 372 g/mol. The van der Waals surface area contributed by atoms with Crippen molar-refractivity contribution in [2.45, 2.75) is 19.6 Å². The van der Waals surface area contributed by atoms with Crippen molar-refractivity contribution >= 4 is 11.6 Å². The van der Waals surface area contributed by atoms with Gasteiger partial charge in [0.2, 0.25) is 0 Å². The van der Waals surface area contributed by atoms with E-state index in [1.54, 1.807) is 25.3 Å². The fraction of sp³-hybridized carbons (Fsp3) is 0.263. The molecule has 2 aromatic heterocycles. The van der Waals surface area contributed by atoms with Gasteiger partial charge in [-0.15, -0.1) is 0 Å². The third-order valence-corrected chi connectivity index (χ3v) is 4.15. The maximum Gasteiger partial charge on any atom is 0.270 e. The second-order valence-corrected chi connectivity index (χ2v) is 6.15. The van der Waals surface area contributed by atoms with Gasteiger partial charge >= 0.3 is 0 Å². The van der Waals surface area contributed by atoms with E-state index in [1.165, 1.54) is 10.5 Å². The molecule has 0 aliphatic heterocycles. The first-order valence-electron chi connectivity index (χ1n) is 8.52. The van der Waals surface area contributed by atoms with Gasteiger partial charge in [-0.2, -0.15) is 0 Å². The standard InChI is InChI=1S/C19H19F2N3O4/c1-11-17(19(27)22-8-12(26)9-25)24-7-3-6-16(18(24)23-11)28-10-13-14(20)4-2-5-15(13)21/h2-7,12,25-26H,8-10H2,1H3,(H,22,27)/t12-/m0/s1. The van der Waals surface area contributed by atoms with Crippen LogP contribution in [0.3, 0.4) is 0 Å². The molecule has 0 radical (unpaired) electrons. The van der Waals surface area contributed by atoms with Crippen LogP contribution in [0.5, 0.6) is 5.75 Å². The average molecular weight is 391 g/mol. The number of hydrogen-bond donors (Lipinski definition) is 3.